The van der Waals surface area contributed by atoms with Gasteiger partial charge in [-0.25, -0.2) is 14.2 Å². The number of phosphoric acid groups is 1. The van der Waals surface area contributed by atoms with E-state index in [9.17, 15) is 19.2 Å². The Balaban J connectivity index is 1.99. The van der Waals surface area contributed by atoms with Crippen molar-refractivity contribution in [2.24, 2.45) is 0 Å². The first-order valence-electron chi connectivity index (χ1n) is 26.9. The van der Waals surface area contributed by atoms with Crippen molar-refractivity contribution < 1.29 is 65.7 Å². The highest BCUT2D eigenvalue weighted by atomic mass is 35.6. The first kappa shape index (κ1) is 69.0. The number of carbonyl (C=O) groups is 4. The Hall–Kier alpha value is -2.30. The zero-order valence-corrected chi connectivity index (χ0v) is 50.9. The van der Waals surface area contributed by atoms with Gasteiger partial charge in [0.25, 0.3) is 0 Å². The number of alkyl halides is 7. The van der Waals surface area contributed by atoms with Crippen molar-refractivity contribution in [3.63, 3.8) is 0 Å². The smallest absolute Gasteiger partial charge is 0.462 e. The summed E-state index contributed by atoms with van der Waals surface area (Å²) in [5, 5.41) is 2.47. The number of ether oxygens (including phenoxy) is 6. The van der Waals surface area contributed by atoms with Gasteiger partial charge in [-0.3, -0.25) is 14.1 Å². The van der Waals surface area contributed by atoms with Crippen molar-refractivity contribution >= 4 is 113 Å². The van der Waals surface area contributed by atoms with E-state index in [2.05, 4.69) is 19.2 Å². The monoisotopic (exact) mass is 1240 g/mol. The molecule has 0 aliphatic carbocycles. The van der Waals surface area contributed by atoms with Crippen molar-refractivity contribution in [2.45, 2.75) is 225 Å². The molecule has 2 aromatic rings. The van der Waals surface area contributed by atoms with Crippen LogP contribution in [0.5, 0.6) is 11.5 Å². The third kappa shape index (κ3) is 29.3. The van der Waals surface area contributed by atoms with Gasteiger partial charge in [-0.2, -0.15) is 0 Å². The molecule has 1 N–H and O–H groups in total. The number of benzene rings is 2. The van der Waals surface area contributed by atoms with Crippen LogP contribution in [0.2, 0.25) is 0 Å². The molecule has 0 aromatic heterocycles. The van der Waals surface area contributed by atoms with Gasteiger partial charge in [-0.1, -0.05) is 247 Å². The van der Waals surface area contributed by atoms with Crippen LogP contribution in [0.4, 0.5) is 9.59 Å². The van der Waals surface area contributed by atoms with E-state index in [4.69, 9.17) is 123 Å². The van der Waals surface area contributed by atoms with Gasteiger partial charge in [0.05, 0.1) is 6.42 Å². The lowest BCUT2D eigenvalue weighted by Gasteiger charge is -2.44. The molecule has 1 heterocycles. The Morgan fingerprint density at radius 2 is 1.13 bits per heavy atom. The molecule has 2 aromatic carbocycles. The van der Waals surface area contributed by atoms with Gasteiger partial charge < -0.3 is 42.8 Å². The minimum atomic E-state index is -4.98. The topological polar surface area (TPSA) is 180 Å². The van der Waals surface area contributed by atoms with Gasteiger partial charge in [-0.15, -0.1) is 0 Å². The Kier molecular flexibility index (Phi) is 33.1. The maximum absolute atomic E-state index is 15.1. The summed E-state index contributed by atoms with van der Waals surface area (Å²) in [6.07, 6.45) is 12.8. The van der Waals surface area contributed by atoms with Crippen LogP contribution in [0.1, 0.15) is 175 Å². The minimum Gasteiger partial charge on any atom is -0.462 e. The molecule has 1 fully saturated rings. The Morgan fingerprint density at radius 3 is 1.61 bits per heavy atom. The molecular formula is C54H79Cl7NO14P. The Bertz CT molecular complexity index is 1990. The Labute approximate surface area is 491 Å². The van der Waals surface area contributed by atoms with E-state index >= 15 is 4.57 Å². The molecule has 15 nitrogen and oxygen atoms in total. The van der Waals surface area contributed by atoms with Crippen molar-refractivity contribution in [1.82, 2.24) is 5.32 Å². The molecule has 0 spiro atoms. The molecule has 3 rings (SSSR count). The number of para-hydroxylation sites is 2. The standard InChI is InChI=1S/C54H79Cl7NO14P/c1-5-7-9-11-13-15-16-18-20-22-30-36-44(63)70-42(35-25-21-19-17-14-12-10-8-6-2)37-45(64)72-48-46(62-50(65)69-39-53(56,57)58)49(55)71-43(38-68-51(66)73-52(3,4)54(59,60)61)47(48)76-77(67,74-40-31-26-23-27-32-40)75-41-33-28-24-29-34-41/h23-24,26-29,31-34,42-43,46-49H,5-22,25,30,35-39H2,1-4H3,(H,62,65)/t42-,43-,46-,47-,48-,49?/m1/s1. The number of hydrogen-bond acceptors (Lipinski definition) is 14. The fraction of sp³-hybridized carbons (Fsp3) is 0.704. The largest absolute Gasteiger partial charge is 0.588 e. The highest BCUT2D eigenvalue weighted by Gasteiger charge is 2.54. The summed E-state index contributed by atoms with van der Waals surface area (Å²) in [5.74, 6) is -1.36. The number of alkyl carbamates (subject to hydrolysis) is 1. The SMILES string of the molecule is CCCCCCCCCCCCCC(=O)O[C@H](CCCCCCCCCCC)CC(=O)O[C@H]1[C@H](OP(=O)(Oc2ccccc2)Oc2ccccc2)[C@@H](COC(=O)OC(C)(C)C(Cl)(Cl)Cl)OC(Cl)[C@@H]1NC(=O)OCC(Cl)(Cl)Cl. The number of unbranched alkanes of at least 4 members (excludes halogenated alkanes) is 18. The summed E-state index contributed by atoms with van der Waals surface area (Å²) in [7, 11) is -4.98. The molecule has 1 aliphatic heterocycles. The molecule has 1 unspecified atom stereocenters. The summed E-state index contributed by atoms with van der Waals surface area (Å²) in [5.41, 5.74) is -3.38. The first-order valence-corrected chi connectivity index (χ1v) is 31.1. The molecule has 438 valence electrons. The lowest BCUT2D eigenvalue weighted by Crippen LogP contribution is -2.65. The number of rotatable bonds is 37. The van der Waals surface area contributed by atoms with E-state index in [1.165, 1.54) is 89.5 Å². The fourth-order valence-electron chi connectivity index (χ4n) is 8.10. The summed E-state index contributed by atoms with van der Waals surface area (Å²) in [6.45, 7) is 5.50. The zero-order chi connectivity index (χ0) is 56.7. The number of amides is 1. The molecule has 23 heteroatoms. The van der Waals surface area contributed by atoms with Crippen LogP contribution < -0.4 is 14.4 Å². The van der Waals surface area contributed by atoms with Crippen molar-refractivity contribution in [3.05, 3.63) is 60.7 Å². The van der Waals surface area contributed by atoms with Crippen LogP contribution in [0.15, 0.2) is 60.7 Å². The summed E-state index contributed by atoms with van der Waals surface area (Å²) in [4.78, 5) is 54.6. The molecule has 1 amide bonds. The molecule has 0 bridgehead atoms. The number of carbonyl (C=O) groups excluding carboxylic acids is 4. The summed E-state index contributed by atoms with van der Waals surface area (Å²) < 4.78 is 63.4. The molecule has 0 radical (unpaired) electrons. The van der Waals surface area contributed by atoms with Crippen molar-refractivity contribution in [2.75, 3.05) is 13.2 Å². The predicted molar refractivity (Wildman–Crippen MR) is 304 cm³/mol. The average Bonchev–Trinajstić information content (AvgIpc) is 3.36. The van der Waals surface area contributed by atoms with E-state index in [1.54, 1.807) is 36.4 Å². The first-order chi connectivity index (χ1) is 36.5. The second-order valence-corrected chi connectivity index (χ2v) is 26.3. The average molecular weight is 1250 g/mol. The van der Waals surface area contributed by atoms with Crippen LogP contribution in [-0.2, 0) is 47.1 Å². The van der Waals surface area contributed by atoms with Crippen LogP contribution in [0.3, 0.4) is 0 Å². The van der Waals surface area contributed by atoms with Gasteiger partial charge in [-0.05, 0) is 57.4 Å². The van der Waals surface area contributed by atoms with Gasteiger partial charge in [0.15, 0.2) is 17.3 Å². The van der Waals surface area contributed by atoms with Crippen LogP contribution >= 0.6 is 89.0 Å². The van der Waals surface area contributed by atoms with E-state index in [1.807, 2.05) is 0 Å². The number of halogens is 7. The lowest BCUT2D eigenvalue weighted by atomic mass is 9.97. The molecule has 1 aliphatic rings. The van der Waals surface area contributed by atoms with Crippen molar-refractivity contribution in [1.29, 1.82) is 0 Å². The van der Waals surface area contributed by atoms with Crippen molar-refractivity contribution in [3.8, 4) is 11.5 Å². The quantitative estimate of drug-likeness (QED) is 0.0222. The van der Waals surface area contributed by atoms with Gasteiger partial charge >= 0.3 is 32.0 Å². The van der Waals surface area contributed by atoms with Crippen LogP contribution in [-0.4, -0.2) is 86.6 Å². The van der Waals surface area contributed by atoms with E-state index in [0.29, 0.717) is 19.3 Å². The van der Waals surface area contributed by atoms with Gasteiger partial charge in [0.1, 0.15) is 49.1 Å². The van der Waals surface area contributed by atoms with Gasteiger partial charge in [0, 0.05) is 6.42 Å². The van der Waals surface area contributed by atoms with Crippen LogP contribution in [0, 0.1) is 0 Å². The van der Waals surface area contributed by atoms with E-state index in [0.717, 1.165) is 64.2 Å². The number of esters is 2. The third-order valence-corrected chi connectivity index (χ3v) is 15.9. The van der Waals surface area contributed by atoms with Crippen LogP contribution in [0.25, 0.3) is 0 Å². The number of hydrogen-bond donors (Lipinski definition) is 1. The second kappa shape index (κ2) is 36.9. The molecule has 0 saturated carbocycles. The van der Waals surface area contributed by atoms with Gasteiger partial charge in [0.2, 0.25) is 7.59 Å². The highest BCUT2D eigenvalue weighted by molar-refractivity contribution is 7.49. The fourth-order valence-corrected chi connectivity index (χ4v) is 10.2. The summed E-state index contributed by atoms with van der Waals surface area (Å²) >= 11 is 42.7. The molecule has 77 heavy (non-hydrogen) atoms. The summed E-state index contributed by atoms with van der Waals surface area (Å²) in [6, 6.07) is 14.1. The normalized spacial score (nSPS) is 18.4. The highest BCUT2D eigenvalue weighted by Crippen LogP contribution is 2.53. The van der Waals surface area contributed by atoms with E-state index in [-0.39, 0.29) is 17.9 Å². The zero-order valence-electron chi connectivity index (χ0n) is 44.7. The molecular weight excluding hydrogens is 1170 g/mol. The Morgan fingerprint density at radius 1 is 0.649 bits per heavy atom. The van der Waals surface area contributed by atoms with E-state index < -0.39 is 101 Å². The molecule has 6 atom stereocenters. The maximum atomic E-state index is 15.1. The second-order valence-electron chi connectivity index (χ2n) is 19.6. The number of phosphoric ester groups is 1. The lowest BCUT2D eigenvalue weighted by molar-refractivity contribution is -0.196. The predicted octanol–water partition coefficient (Wildman–Crippen LogP) is 17.2. The minimum absolute atomic E-state index is 0.0249. The molecule has 1 saturated heterocycles. The maximum Gasteiger partial charge on any atom is 0.588 e. The number of nitrogens with one attached hydrogen (secondary N) is 1. The third-order valence-electron chi connectivity index (χ3n) is 12.4.